The Morgan fingerprint density at radius 1 is 0.861 bits per heavy atom. The van der Waals surface area contributed by atoms with E-state index in [1.165, 1.54) is 12.8 Å². The minimum Gasteiger partial charge on any atom is -0.493 e. The first-order valence-electron chi connectivity index (χ1n) is 11.8. The summed E-state index contributed by atoms with van der Waals surface area (Å²) >= 11 is 0. The number of anilines is 2. The van der Waals surface area contributed by atoms with Gasteiger partial charge in [0.2, 0.25) is 11.3 Å². The van der Waals surface area contributed by atoms with E-state index in [9.17, 15) is 9.59 Å². The van der Waals surface area contributed by atoms with Crippen molar-refractivity contribution in [2.75, 3.05) is 57.7 Å². The van der Waals surface area contributed by atoms with Crippen LogP contribution in [0, 0.1) is 0 Å². The zero-order valence-corrected chi connectivity index (χ0v) is 20.9. The molecule has 190 valence electrons. The van der Waals surface area contributed by atoms with Crippen LogP contribution >= 0.6 is 0 Å². The summed E-state index contributed by atoms with van der Waals surface area (Å²) in [6.07, 6.45) is 1.60. The van der Waals surface area contributed by atoms with Gasteiger partial charge in [-0.15, -0.1) is 0 Å². The van der Waals surface area contributed by atoms with Gasteiger partial charge in [0.1, 0.15) is 6.54 Å². The first-order chi connectivity index (χ1) is 17.5. The molecule has 9 heteroatoms. The van der Waals surface area contributed by atoms with Crippen LogP contribution in [0.25, 0.3) is 0 Å². The zero-order valence-electron chi connectivity index (χ0n) is 20.9. The predicted molar refractivity (Wildman–Crippen MR) is 139 cm³/mol. The van der Waals surface area contributed by atoms with Gasteiger partial charge in [0.05, 0.1) is 27.5 Å². The van der Waals surface area contributed by atoms with E-state index in [0.29, 0.717) is 23.7 Å². The molecule has 0 spiro atoms. The maximum absolute atomic E-state index is 12.9. The first kappa shape index (κ1) is 25.1. The highest BCUT2D eigenvalue weighted by Crippen LogP contribution is 2.29. The number of nitrogens with one attached hydrogen (secondary N) is 1. The van der Waals surface area contributed by atoms with Gasteiger partial charge in [-0.25, -0.2) is 0 Å². The number of ether oxygens (including phenoxy) is 3. The Bertz CT molecular complexity index is 1240. The van der Waals surface area contributed by atoms with Crippen LogP contribution in [-0.2, 0) is 17.9 Å². The van der Waals surface area contributed by atoms with Crippen molar-refractivity contribution in [1.82, 2.24) is 9.47 Å². The SMILES string of the molecule is COc1ccc(NC(=O)Cn2cc(OC)c(=O)cc2CN2CCN(c3ccccc3)CC2)cc1OC. The minimum atomic E-state index is -0.233. The quantitative estimate of drug-likeness (QED) is 0.492. The summed E-state index contributed by atoms with van der Waals surface area (Å²) < 4.78 is 17.6. The largest absolute Gasteiger partial charge is 0.493 e. The standard InChI is InChI=1S/C27H32N4O5/c1-34-24-10-9-20(15-25(24)35-2)28-27(33)19-31-18-26(36-3)23(32)16-22(31)17-29-11-13-30(14-12-29)21-7-5-4-6-8-21/h4-10,15-16,18H,11-14,17,19H2,1-3H3,(H,28,33). The normalized spacial score (nSPS) is 13.8. The molecule has 1 saturated heterocycles. The van der Waals surface area contributed by atoms with Gasteiger partial charge in [-0.2, -0.15) is 0 Å². The van der Waals surface area contributed by atoms with Crippen LogP contribution in [0.15, 0.2) is 65.6 Å². The highest BCUT2D eigenvalue weighted by Gasteiger charge is 2.20. The topological polar surface area (TPSA) is 85.3 Å². The molecule has 2 heterocycles. The fourth-order valence-corrected chi connectivity index (χ4v) is 4.33. The van der Waals surface area contributed by atoms with E-state index in [4.69, 9.17) is 14.2 Å². The van der Waals surface area contributed by atoms with Gasteiger partial charge in [-0.1, -0.05) is 18.2 Å². The number of nitrogens with zero attached hydrogens (tertiary/aromatic N) is 3. The Hall–Kier alpha value is -3.98. The zero-order chi connectivity index (χ0) is 25.5. The Balaban J connectivity index is 1.46. The third kappa shape index (κ3) is 5.98. The smallest absolute Gasteiger partial charge is 0.244 e. The summed E-state index contributed by atoms with van der Waals surface area (Å²) in [4.78, 5) is 30.1. The van der Waals surface area contributed by atoms with Crippen LogP contribution in [0.3, 0.4) is 0 Å². The van der Waals surface area contributed by atoms with Crippen molar-refractivity contribution < 1.29 is 19.0 Å². The highest BCUT2D eigenvalue weighted by molar-refractivity contribution is 5.91. The van der Waals surface area contributed by atoms with E-state index in [0.717, 1.165) is 31.9 Å². The number of benzene rings is 2. The van der Waals surface area contributed by atoms with Crippen LogP contribution in [-0.4, -0.2) is 62.9 Å². The van der Waals surface area contributed by atoms with Crippen LogP contribution in [0.1, 0.15) is 5.69 Å². The Kier molecular flexibility index (Phi) is 8.12. The van der Waals surface area contributed by atoms with Crippen molar-refractivity contribution >= 4 is 17.3 Å². The number of pyridine rings is 1. The second-order valence-electron chi connectivity index (χ2n) is 8.54. The molecule has 36 heavy (non-hydrogen) atoms. The molecule has 1 N–H and O–H groups in total. The van der Waals surface area contributed by atoms with E-state index >= 15 is 0 Å². The summed E-state index contributed by atoms with van der Waals surface area (Å²) in [6, 6.07) is 17.1. The highest BCUT2D eigenvalue weighted by atomic mass is 16.5. The molecule has 0 bridgehead atoms. The molecule has 3 aromatic rings. The van der Waals surface area contributed by atoms with Crippen molar-refractivity contribution in [3.63, 3.8) is 0 Å². The maximum Gasteiger partial charge on any atom is 0.244 e. The van der Waals surface area contributed by atoms with Crippen molar-refractivity contribution in [2.45, 2.75) is 13.1 Å². The van der Waals surface area contributed by atoms with Gasteiger partial charge in [0.25, 0.3) is 0 Å². The number of carbonyl (C=O) groups excluding carboxylic acids is 1. The summed E-state index contributed by atoms with van der Waals surface area (Å²) in [5.41, 5.74) is 2.36. The number of piperazine rings is 1. The Labute approximate surface area is 210 Å². The molecule has 0 radical (unpaired) electrons. The molecule has 2 aromatic carbocycles. The summed E-state index contributed by atoms with van der Waals surface area (Å²) in [5.74, 6) is 1.07. The molecule has 1 amide bonds. The number of rotatable bonds is 9. The van der Waals surface area contributed by atoms with Crippen molar-refractivity contribution in [3.05, 3.63) is 76.7 Å². The van der Waals surface area contributed by atoms with Crippen molar-refractivity contribution in [1.29, 1.82) is 0 Å². The third-order valence-corrected chi connectivity index (χ3v) is 6.26. The summed E-state index contributed by atoms with van der Waals surface area (Å²) in [6.45, 7) is 4.09. The molecule has 1 aliphatic rings. The molecule has 1 fully saturated rings. The summed E-state index contributed by atoms with van der Waals surface area (Å²) in [5, 5.41) is 2.89. The van der Waals surface area contributed by atoms with E-state index in [1.807, 2.05) is 18.2 Å². The lowest BCUT2D eigenvalue weighted by atomic mass is 10.2. The molecule has 0 unspecified atom stereocenters. The lowest BCUT2D eigenvalue weighted by molar-refractivity contribution is -0.116. The average Bonchev–Trinajstić information content (AvgIpc) is 2.91. The molecule has 1 aromatic heterocycles. The van der Waals surface area contributed by atoms with E-state index in [2.05, 4.69) is 27.2 Å². The summed E-state index contributed by atoms with van der Waals surface area (Å²) in [7, 11) is 4.55. The monoisotopic (exact) mass is 492 g/mol. The predicted octanol–water partition coefficient (Wildman–Crippen LogP) is 2.84. The van der Waals surface area contributed by atoms with Gasteiger partial charge in [-0.3, -0.25) is 14.5 Å². The van der Waals surface area contributed by atoms with Gasteiger partial charge >= 0.3 is 0 Å². The fraction of sp³-hybridized carbons (Fsp3) is 0.333. The second kappa shape index (κ2) is 11.6. The minimum absolute atomic E-state index is 0.0320. The number of aromatic nitrogens is 1. The molecular weight excluding hydrogens is 460 g/mol. The van der Waals surface area contributed by atoms with Crippen molar-refractivity contribution in [3.8, 4) is 17.2 Å². The van der Waals surface area contributed by atoms with Crippen LogP contribution in [0.5, 0.6) is 17.2 Å². The molecule has 4 rings (SSSR count). The molecular formula is C27H32N4O5. The Morgan fingerprint density at radius 3 is 2.22 bits per heavy atom. The molecule has 9 nitrogen and oxygen atoms in total. The van der Waals surface area contributed by atoms with Crippen LogP contribution < -0.4 is 29.9 Å². The number of methoxy groups -OCH3 is 3. The number of hydrogen-bond acceptors (Lipinski definition) is 7. The van der Waals surface area contributed by atoms with Crippen LogP contribution in [0.2, 0.25) is 0 Å². The fourth-order valence-electron chi connectivity index (χ4n) is 4.33. The number of para-hydroxylation sites is 1. The molecule has 0 saturated carbocycles. The molecule has 1 aliphatic heterocycles. The Morgan fingerprint density at radius 2 is 1.56 bits per heavy atom. The lowest BCUT2D eigenvalue weighted by Gasteiger charge is -2.36. The average molecular weight is 493 g/mol. The van der Waals surface area contributed by atoms with Crippen molar-refractivity contribution in [2.24, 2.45) is 0 Å². The van der Waals surface area contributed by atoms with E-state index in [1.54, 1.807) is 49.2 Å². The van der Waals surface area contributed by atoms with Gasteiger partial charge in [0, 0.05) is 61.9 Å². The number of hydrogen-bond donors (Lipinski definition) is 1. The number of carbonyl (C=O) groups is 1. The number of amides is 1. The molecule has 0 atom stereocenters. The van der Waals surface area contributed by atoms with E-state index in [-0.39, 0.29) is 23.6 Å². The van der Waals surface area contributed by atoms with Gasteiger partial charge in [-0.05, 0) is 24.3 Å². The first-order valence-corrected chi connectivity index (χ1v) is 11.8. The van der Waals surface area contributed by atoms with Crippen LogP contribution in [0.4, 0.5) is 11.4 Å². The van der Waals surface area contributed by atoms with Gasteiger partial charge < -0.3 is 29.0 Å². The second-order valence-corrected chi connectivity index (χ2v) is 8.54. The van der Waals surface area contributed by atoms with E-state index < -0.39 is 0 Å². The third-order valence-electron chi connectivity index (χ3n) is 6.26. The maximum atomic E-state index is 12.9. The van der Waals surface area contributed by atoms with Gasteiger partial charge in [0.15, 0.2) is 17.2 Å². The lowest BCUT2D eigenvalue weighted by Crippen LogP contribution is -2.46. The molecule has 0 aliphatic carbocycles.